The normalized spacial score (nSPS) is 37.1. The van der Waals surface area contributed by atoms with Gasteiger partial charge in [-0.05, 0) is 0 Å². The Labute approximate surface area is 87.7 Å². The van der Waals surface area contributed by atoms with Crippen molar-refractivity contribution in [1.29, 1.82) is 0 Å². The molecule has 1 saturated heterocycles. The minimum atomic E-state index is -4.58. The van der Waals surface area contributed by atoms with E-state index in [2.05, 4.69) is 4.52 Å². The molecule has 86 valence electrons. The van der Waals surface area contributed by atoms with Crippen molar-refractivity contribution in [2.24, 2.45) is 5.92 Å². The summed E-state index contributed by atoms with van der Waals surface area (Å²) in [6.45, 7) is -0.829. The second kappa shape index (κ2) is 4.92. The summed E-state index contributed by atoms with van der Waals surface area (Å²) >= 11 is 0. The SMILES string of the molecule is [B][C@@H]1O[C@H](COP(=O)(O)O)C(CO)C1O. The summed E-state index contributed by atoms with van der Waals surface area (Å²) in [5, 5.41) is 18.3. The monoisotopic (exact) mass is 238 g/mol. The van der Waals surface area contributed by atoms with Gasteiger partial charge in [0.1, 0.15) is 7.85 Å². The summed E-state index contributed by atoms with van der Waals surface area (Å²) in [6, 6.07) is -0.979. The Hall–Kier alpha value is 0.0549. The standard InChI is InChI=1S/C6H12BO7P/c7-6-5(9)3(1-8)4(14-6)2-13-15(10,11)12/h3-6,8-9H,1-2H2,(H2,10,11,12)/t3?,4-,5?,6-/m1/s1. The molecule has 1 rings (SSSR count). The summed E-state index contributed by atoms with van der Waals surface area (Å²) in [5.74, 6) is -0.702. The molecule has 0 aromatic rings. The van der Waals surface area contributed by atoms with Crippen molar-refractivity contribution in [2.45, 2.75) is 18.2 Å². The van der Waals surface area contributed by atoms with Gasteiger partial charge in [-0.15, -0.1) is 0 Å². The molecule has 0 bridgehead atoms. The van der Waals surface area contributed by atoms with Crippen LogP contribution in [0.2, 0.25) is 0 Å². The number of phosphoric ester groups is 1. The quantitative estimate of drug-likeness (QED) is 0.329. The smallest absolute Gasteiger partial charge is 0.396 e. The van der Waals surface area contributed by atoms with Crippen LogP contribution >= 0.6 is 7.82 Å². The maximum absolute atomic E-state index is 10.4. The Morgan fingerprint density at radius 2 is 2.07 bits per heavy atom. The largest absolute Gasteiger partial charge is 0.469 e. The van der Waals surface area contributed by atoms with E-state index in [4.69, 9.17) is 27.5 Å². The first kappa shape index (κ1) is 13.1. The Morgan fingerprint density at radius 1 is 1.47 bits per heavy atom. The molecule has 1 aliphatic rings. The minimum Gasteiger partial charge on any atom is -0.396 e. The average molecular weight is 238 g/mol. The van der Waals surface area contributed by atoms with E-state index in [1.165, 1.54) is 0 Å². The maximum atomic E-state index is 10.4. The van der Waals surface area contributed by atoms with Gasteiger partial charge in [0.15, 0.2) is 0 Å². The van der Waals surface area contributed by atoms with Gasteiger partial charge in [-0.25, -0.2) is 4.57 Å². The van der Waals surface area contributed by atoms with Crippen molar-refractivity contribution in [1.82, 2.24) is 0 Å². The number of hydrogen-bond donors (Lipinski definition) is 4. The lowest BCUT2D eigenvalue weighted by Crippen LogP contribution is -2.32. The van der Waals surface area contributed by atoms with Crippen LogP contribution in [-0.2, 0) is 13.8 Å². The minimum absolute atomic E-state index is 0.399. The highest BCUT2D eigenvalue weighted by atomic mass is 31.2. The van der Waals surface area contributed by atoms with E-state index < -0.39 is 45.2 Å². The molecule has 0 saturated carbocycles. The van der Waals surface area contributed by atoms with Crippen LogP contribution in [0.3, 0.4) is 0 Å². The fourth-order valence-electron chi connectivity index (χ4n) is 1.41. The second-order valence-electron chi connectivity index (χ2n) is 3.26. The van der Waals surface area contributed by atoms with Gasteiger partial charge in [0.25, 0.3) is 0 Å². The van der Waals surface area contributed by atoms with Crippen molar-refractivity contribution in [3.05, 3.63) is 0 Å². The summed E-state index contributed by atoms with van der Waals surface area (Å²) in [4.78, 5) is 16.9. The molecule has 1 fully saturated rings. The van der Waals surface area contributed by atoms with Crippen LogP contribution in [0.25, 0.3) is 0 Å². The maximum Gasteiger partial charge on any atom is 0.469 e. The summed E-state index contributed by atoms with van der Waals surface area (Å²) in [5.41, 5.74) is 0. The lowest BCUT2D eigenvalue weighted by atomic mass is 9.88. The van der Waals surface area contributed by atoms with E-state index >= 15 is 0 Å². The first-order valence-corrected chi connectivity index (χ1v) is 5.78. The van der Waals surface area contributed by atoms with Crippen LogP contribution in [0.1, 0.15) is 0 Å². The number of aliphatic hydroxyl groups is 2. The predicted octanol–water partition coefficient (Wildman–Crippen LogP) is -2.04. The molecule has 2 radical (unpaired) electrons. The Kier molecular flexibility index (Phi) is 4.31. The van der Waals surface area contributed by atoms with Gasteiger partial charge in [-0.3, -0.25) is 4.52 Å². The summed E-state index contributed by atoms with van der Waals surface area (Å²) in [6.07, 6.45) is -1.90. The highest BCUT2D eigenvalue weighted by Gasteiger charge is 2.41. The molecule has 15 heavy (non-hydrogen) atoms. The molecule has 4 atom stereocenters. The Morgan fingerprint density at radius 3 is 2.53 bits per heavy atom. The van der Waals surface area contributed by atoms with Crippen LogP contribution in [-0.4, -0.2) is 59.3 Å². The third-order valence-corrected chi connectivity index (χ3v) is 2.69. The van der Waals surface area contributed by atoms with Gasteiger partial charge >= 0.3 is 7.82 Å². The highest BCUT2D eigenvalue weighted by Crippen LogP contribution is 2.37. The molecule has 0 aliphatic carbocycles. The van der Waals surface area contributed by atoms with Crippen LogP contribution < -0.4 is 0 Å². The van der Waals surface area contributed by atoms with Gasteiger partial charge in [-0.2, -0.15) is 0 Å². The molecule has 0 amide bonds. The average Bonchev–Trinajstić information content (AvgIpc) is 2.38. The number of phosphoric acid groups is 1. The lowest BCUT2D eigenvalue weighted by molar-refractivity contribution is 0.0147. The second-order valence-corrected chi connectivity index (χ2v) is 4.50. The fraction of sp³-hybridized carbons (Fsp3) is 1.00. The zero-order chi connectivity index (χ0) is 11.6. The summed E-state index contributed by atoms with van der Waals surface area (Å²) in [7, 11) is 0.762. The van der Waals surface area contributed by atoms with E-state index in [9.17, 15) is 9.67 Å². The van der Waals surface area contributed by atoms with Crippen LogP contribution in [0.4, 0.5) is 0 Å². The molecular formula is C6H12BO7P. The fourth-order valence-corrected chi connectivity index (χ4v) is 1.75. The van der Waals surface area contributed by atoms with Crippen molar-refractivity contribution >= 4 is 15.7 Å². The van der Waals surface area contributed by atoms with Crippen molar-refractivity contribution in [2.75, 3.05) is 13.2 Å². The van der Waals surface area contributed by atoms with Gasteiger partial charge < -0.3 is 24.7 Å². The third kappa shape index (κ3) is 3.53. The third-order valence-electron chi connectivity index (χ3n) is 2.20. The zero-order valence-electron chi connectivity index (χ0n) is 7.76. The topological polar surface area (TPSA) is 116 Å². The first-order chi connectivity index (χ1) is 6.85. The van der Waals surface area contributed by atoms with Crippen LogP contribution in [0.15, 0.2) is 0 Å². The molecule has 0 aromatic carbocycles. The molecular weight excluding hydrogens is 226 g/mol. The molecule has 0 aromatic heterocycles. The van der Waals surface area contributed by atoms with E-state index in [1.54, 1.807) is 0 Å². The zero-order valence-corrected chi connectivity index (χ0v) is 8.66. The van der Waals surface area contributed by atoms with Crippen LogP contribution in [0, 0.1) is 5.92 Å². The molecule has 0 spiro atoms. The van der Waals surface area contributed by atoms with Gasteiger partial charge in [-0.1, -0.05) is 0 Å². The van der Waals surface area contributed by atoms with Crippen molar-refractivity contribution < 1.29 is 33.8 Å². The molecule has 7 nitrogen and oxygen atoms in total. The van der Waals surface area contributed by atoms with E-state index in [0.29, 0.717) is 0 Å². The Bertz CT molecular complexity index is 256. The number of aliphatic hydroxyl groups excluding tert-OH is 2. The van der Waals surface area contributed by atoms with E-state index in [1.807, 2.05) is 0 Å². The first-order valence-electron chi connectivity index (χ1n) is 4.25. The van der Waals surface area contributed by atoms with Gasteiger partial charge in [0, 0.05) is 11.9 Å². The van der Waals surface area contributed by atoms with Crippen LogP contribution in [0.5, 0.6) is 0 Å². The van der Waals surface area contributed by atoms with E-state index in [-0.39, 0.29) is 0 Å². The van der Waals surface area contributed by atoms with Gasteiger partial charge in [0.05, 0.1) is 25.4 Å². The molecule has 1 heterocycles. The Balaban J connectivity index is 2.52. The summed E-state index contributed by atoms with van der Waals surface area (Å²) < 4.78 is 19.6. The lowest BCUT2D eigenvalue weighted by Gasteiger charge is -2.17. The molecule has 4 N–H and O–H groups in total. The predicted molar refractivity (Wildman–Crippen MR) is 49.0 cm³/mol. The highest BCUT2D eigenvalue weighted by molar-refractivity contribution is 7.46. The van der Waals surface area contributed by atoms with E-state index in [0.717, 1.165) is 0 Å². The van der Waals surface area contributed by atoms with Crippen molar-refractivity contribution in [3.63, 3.8) is 0 Å². The molecule has 2 unspecified atom stereocenters. The number of ether oxygens (including phenoxy) is 1. The van der Waals surface area contributed by atoms with Gasteiger partial charge in [0.2, 0.25) is 0 Å². The molecule has 1 aliphatic heterocycles. The number of hydrogen-bond acceptors (Lipinski definition) is 5. The van der Waals surface area contributed by atoms with Crippen molar-refractivity contribution in [3.8, 4) is 0 Å². The number of rotatable bonds is 4. The molecule has 9 heteroatoms.